The normalized spacial score (nSPS) is 11.4. The second-order valence-corrected chi connectivity index (χ2v) is 10.5. The Bertz CT molecular complexity index is 1320. The lowest BCUT2D eigenvalue weighted by Gasteiger charge is -2.04. The van der Waals surface area contributed by atoms with Crippen molar-refractivity contribution in [3.63, 3.8) is 0 Å². The lowest BCUT2D eigenvalue weighted by molar-refractivity contribution is 0.0951. The summed E-state index contributed by atoms with van der Waals surface area (Å²) in [5.41, 5.74) is 2.56. The van der Waals surface area contributed by atoms with Crippen molar-refractivity contribution in [1.29, 1.82) is 0 Å². The highest BCUT2D eigenvalue weighted by Crippen LogP contribution is 2.25. The summed E-state index contributed by atoms with van der Waals surface area (Å²) in [6.45, 7) is 4.09. The molecule has 164 valence electrons. The highest BCUT2D eigenvalue weighted by Gasteiger charge is 2.21. The van der Waals surface area contributed by atoms with Gasteiger partial charge in [0.15, 0.2) is 9.84 Å². The number of rotatable bonds is 7. The maximum atomic E-state index is 12.8. The first kappa shape index (κ1) is 22.0. The van der Waals surface area contributed by atoms with Crippen molar-refractivity contribution >= 4 is 27.1 Å². The number of amides is 1. The molecule has 6 nitrogen and oxygen atoms in total. The van der Waals surface area contributed by atoms with E-state index in [0.29, 0.717) is 35.0 Å². The minimum atomic E-state index is -3.54. The van der Waals surface area contributed by atoms with E-state index in [-0.39, 0.29) is 16.6 Å². The average Bonchev–Trinajstić information content (AvgIpc) is 3.42. The van der Waals surface area contributed by atoms with Gasteiger partial charge in [-0.05, 0) is 61.7 Å². The Kier molecular flexibility index (Phi) is 6.25. The van der Waals surface area contributed by atoms with E-state index in [4.69, 9.17) is 4.42 Å². The maximum absolute atomic E-state index is 12.8. The van der Waals surface area contributed by atoms with Crippen molar-refractivity contribution in [2.24, 2.45) is 0 Å². The summed E-state index contributed by atoms with van der Waals surface area (Å²) in [6, 6.07) is 17.5. The third kappa shape index (κ3) is 4.98. The highest BCUT2D eigenvalue weighted by molar-refractivity contribution is 7.90. The number of hydrogen-bond donors (Lipinski definition) is 1. The molecule has 1 N–H and O–H groups in total. The smallest absolute Gasteiger partial charge is 0.251 e. The summed E-state index contributed by atoms with van der Waals surface area (Å²) < 4.78 is 31.2. The molecule has 0 saturated carbocycles. The molecule has 4 rings (SSSR count). The summed E-state index contributed by atoms with van der Waals surface area (Å²) in [4.78, 5) is 18.1. The molecule has 0 saturated heterocycles. The number of nitrogens with one attached hydrogen (secondary N) is 1. The molecule has 0 fully saturated rings. The Hall–Kier alpha value is -3.23. The molecule has 4 aromatic rings. The summed E-state index contributed by atoms with van der Waals surface area (Å²) in [6.07, 6.45) is 0. The van der Waals surface area contributed by atoms with Gasteiger partial charge in [-0.1, -0.05) is 23.8 Å². The average molecular weight is 467 g/mol. The van der Waals surface area contributed by atoms with Crippen LogP contribution in [0, 0.1) is 13.8 Å². The predicted octanol–water partition coefficient (Wildman–Crippen LogP) is 4.92. The van der Waals surface area contributed by atoms with Gasteiger partial charge in [0.2, 0.25) is 5.89 Å². The van der Waals surface area contributed by atoms with Gasteiger partial charge in [-0.2, -0.15) is 0 Å². The van der Waals surface area contributed by atoms with Crippen LogP contribution in [0.1, 0.15) is 32.3 Å². The van der Waals surface area contributed by atoms with Crippen LogP contribution >= 0.6 is 11.3 Å². The first-order valence-corrected chi connectivity index (χ1v) is 12.5. The predicted molar refractivity (Wildman–Crippen MR) is 124 cm³/mol. The monoisotopic (exact) mass is 466 g/mol. The van der Waals surface area contributed by atoms with Gasteiger partial charge in [-0.3, -0.25) is 4.79 Å². The van der Waals surface area contributed by atoms with E-state index in [1.807, 2.05) is 24.4 Å². The summed E-state index contributed by atoms with van der Waals surface area (Å²) >= 11 is 1.59. The van der Waals surface area contributed by atoms with Crippen molar-refractivity contribution in [3.8, 4) is 11.5 Å². The van der Waals surface area contributed by atoms with E-state index in [0.717, 1.165) is 10.4 Å². The molecule has 0 radical (unpaired) electrons. The van der Waals surface area contributed by atoms with Crippen LogP contribution in [-0.4, -0.2) is 19.3 Å². The molecule has 32 heavy (non-hydrogen) atoms. The number of sulfone groups is 1. The van der Waals surface area contributed by atoms with Gasteiger partial charge >= 0.3 is 0 Å². The number of hydrogen-bond acceptors (Lipinski definition) is 6. The SMILES string of the molecule is Cc1ccc(S(=O)(=O)Cc2nc(-c3ccc(C(=O)NCc4cccs4)cc3)oc2C)cc1. The van der Waals surface area contributed by atoms with Crippen LogP contribution in [-0.2, 0) is 22.1 Å². The highest BCUT2D eigenvalue weighted by atomic mass is 32.2. The quantitative estimate of drug-likeness (QED) is 0.417. The van der Waals surface area contributed by atoms with Crippen LogP contribution in [0.25, 0.3) is 11.5 Å². The Balaban J connectivity index is 1.47. The Morgan fingerprint density at radius 2 is 1.75 bits per heavy atom. The lowest BCUT2D eigenvalue weighted by Crippen LogP contribution is -2.22. The van der Waals surface area contributed by atoms with Crippen molar-refractivity contribution < 1.29 is 17.6 Å². The van der Waals surface area contributed by atoms with Gasteiger partial charge < -0.3 is 9.73 Å². The number of oxazole rings is 1. The van der Waals surface area contributed by atoms with E-state index in [2.05, 4.69) is 10.3 Å². The zero-order valence-electron chi connectivity index (χ0n) is 17.7. The van der Waals surface area contributed by atoms with Crippen LogP contribution in [0.4, 0.5) is 0 Å². The zero-order valence-corrected chi connectivity index (χ0v) is 19.3. The number of carbonyl (C=O) groups is 1. The van der Waals surface area contributed by atoms with Gasteiger partial charge in [0.05, 0.1) is 17.1 Å². The van der Waals surface area contributed by atoms with Crippen molar-refractivity contribution in [2.45, 2.75) is 31.0 Å². The summed E-state index contributed by atoms with van der Waals surface area (Å²) in [5, 5.41) is 4.85. The van der Waals surface area contributed by atoms with Crippen molar-refractivity contribution in [3.05, 3.63) is 93.5 Å². The fourth-order valence-corrected chi connectivity index (χ4v) is 5.13. The molecule has 0 bridgehead atoms. The maximum Gasteiger partial charge on any atom is 0.251 e. The Morgan fingerprint density at radius 1 is 1.03 bits per heavy atom. The fraction of sp³-hybridized carbons (Fsp3) is 0.167. The number of aromatic nitrogens is 1. The molecule has 8 heteroatoms. The summed E-state index contributed by atoms with van der Waals surface area (Å²) in [5.74, 6) is 0.364. The molecular weight excluding hydrogens is 444 g/mol. The first-order valence-electron chi connectivity index (χ1n) is 9.98. The molecule has 0 unspecified atom stereocenters. The number of aryl methyl sites for hydroxylation is 2. The molecule has 2 aromatic carbocycles. The van der Waals surface area contributed by atoms with Crippen LogP contribution in [0.2, 0.25) is 0 Å². The molecular formula is C24H22N2O4S2. The van der Waals surface area contributed by atoms with Crippen LogP contribution in [0.15, 0.2) is 75.4 Å². The van der Waals surface area contributed by atoms with E-state index in [1.165, 1.54) is 0 Å². The number of thiophene rings is 1. The van der Waals surface area contributed by atoms with E-state index in [9.17, 15) is 13.2 Å². The van der Waals surface area contributed by atoms with Gasteiger partial charge in [-0.15, -0.1) is 11.3 Å². The van der Waals surface area contributed by atoms with E-state index < -0.39 is 9.84 Å². The van der Waals surface area contributed by atoms with Crippen molar-refractivity contribution in [2.75, 3.05) is 0 Å². The molecule has 2 aromatic heterocycles. The van der Waals surface area contributed by atoms with Gasteiger partial charge in [-0.25, -0.2) is 13.4 Å². The molecule has 0 aliphatic rings. The van der Waals surface area contributed by atoms with Gasteiger partial charge in [0.25, 0.3) is 5.91 Å². The molecule has 0 atom stereocenters. The molecule has 0 spiro atoms. The Morgan fingerprint density at radius 3 is 2.41 bits per heavy atom. The second-order valence-electron chi connectivity index (χ2n) is 7.43. The van der Waals surface area contributed by atoms with Crippen LogP contribution in [0.5, 0.6) is 0 Å². The van der Waals surface area contributed by atoms with E-state index >= 15 is 0 Å². The van der Waals surface area contributed by atoms with Crippen LogP contribution in [0.3, 0.4) is 0 Å². The second kappa shape index (κ2) is 9.10. The third-order valence-electron chi connectivity index (χ3n) is 5.00. The summed E-state index contributed by atoms with van der Waals surface area (Å²) in [7, 11) is -3.54. The standard InChI is InChI=1S/C24H22N2O4S2/c1-16-5-11-21(12-6-16)32(28,29)15-22-17(2)30-24(26-22)19-9-7-18(8-10-19)23(27)25-14-20-4-3-13-31-20/h3-13H,14-15H2,1-2H3,(H,25,27). The molecule has 2 heterocycles. The number of carbonyl (C=O) groups excluding carboxylic acids is 1. The van der Waals surface area contributed by atoms with E-state index in [1.54, 1.807) is 66.8 Å². The minimum absolute atomic E-state index is 0.168. The zero-order chi connectivity index (χ0) is 22.7. The third-order valence-corrected chi connectivity index (χ3v) is 7.52. The van der Waals surface area contributed by atoms with Gasteiger partial charge in [0, 0.05) is 16.0 Å². The Labute approximate surface area is 190 Å². The minimum Gasteiger partial charge on any atom is -0.441 e. The number of nitrogens with zero attached hydrogens (tertiary/aromatic N) is 1. The number of benzene rings is 2. The first-order chi connectivity index (χ1) is 15.3. The largest absolute Gasteiger partial charge is 0.441 e. The van der Waals surface area contributed by atoms with Gasteiger partial charge in [0.1, 0.15) is 11.5 Å². The topological polar surface area (TPSA) is 89.3 Å². The molecule has 1 amide bonds. The fourth-order valence-electron chi connectivity index (χ4n) is 3.14. The van der Waals surface area contributed by atoms with Crippen molar-refractivity contribution in [1.82, 2.24) is 10.3 Å². The molecule has 0 aliphatic carbocycles. The van der Waals surface area contributed by atoms with Crippen LogP contribution < -0.4 is 5.32 Å². The molecule has 0 aliphatic heterocycles. The lowest BCUT2D eigenvalue weighted by atomic mass is 10.1.